The normalized spacial score (nSPS) is 19.8. The van der Waals surface area contributed by atoms with Gasteiger partial charge >= 0.3 is 0 Å². The molecule has 0 bridgehead atoms. The summed E-state index contributed by atoms with van der Waals surface area (Å²) >= 11 is 0. The van der Waals surface area contributed by atoms with E-state index in [1.54, 1.807) is 4.31 Å². The molecule has 0 N–H and O–H groups in total. The zero-order valence-corrected chi connectivity index (χ0v) is 15.4. The predicted molar refractivity (Wildman–Crippen MR) is 92.4 cm³/mol. The van der Waals surface area contributed by atoms with Crippen molar-refractivity contribution in [1.82, 2.24) is 4.31 Å². The van der Waals surface area contributed by atoms with Gasteiger partial charge < -0.3 is 4.74 Å². The van der Waals surface area contributed by atoms with Gasteiger partial charge in [0.05, 0.1) is 5.75 Å². The molecule has 1 heterocycles. The fourth-order valence-corrected chi connectivity index (χ4v) is 4.68. The van der Waals surface area contributed by atoms with Crippen molar-refractivity contribution in [2.75, 3.05) is 18.9 Å². The summed E-state index contributed by atoms with van der Waals surface area (Å²) in [6.07, 6.45) is 11.5. The van der Waals surface area contributed by atoms with Gasteiger partial charge in [0.15, 0.2) is 0 Å². The molecule has 22 heavy (non-hydrogen) atoms. The molecule has 1 saturated heterocycles. The van der Waals surface area contributed by atoms with E-state index in [0.717, 1.165) is 38.5 Å². The standard InChI is InChI=1S/C17H35NO3S/c1-3-5-7-9-11-16-22(19,20)18-14-12-13-17(18)21-15-10-8-6-4-2/h17H,3-16H2,1-2H3. The minimum absolute atomic E-state index is 0.206. The minimum Gasteiger partial charge on any atom is -0.362 e. The van der Waals surface area contributed by atoms with Crippen molar-refractivity contribution < 1.29 is 13.2 Å². The molecule has 4 nitrogen and oxygen atoms in total. The van der Waals surface area contributed by atoms with Crippen LogP contribution in [-0.4, -0.2) is 37.9 Å². The van der Waals surface area contributed by atoms with Crippen molar-refractivity contribution in [2.45, 2.75) is 90.7 Å². The van der Waals surface area contributed by atoms with Crippen molar-refractivity contribution >= 4 is 10.0 Å². The monoisotopic (exact) mass is 333 g/mol. The first-order chi connectivity index (χ1) is 10.6. The van der Waals surface area contributed by atoms with E-state index in [4.69, 9.17) is 4.74 Å². The number of nitrogens with zero attached hydrogens (tertiary/aromatic N) is 1. The molecule has 1 atom stereocenters. The molecule has 0 saturated carbocycles. The molecule has 1 unspecified atom stereocenters. The topological polar surface area (TPSA) is 46.6 Å². The van der Waals surface area contributed by atoms with Crippen molar-refractivity contribution in [2.24, 2.45) is 0 Å². The van der Waals surface area contributed by atoms with Crippen LogP contribution >= 0.6 is 0 Å². The Morgan fingerprint density at radius 1 is 0.955 bits per heavy atom. The number of hydrogen-bond acceptors (Lipinski definition) is 3. The van der Waals surface area contributed by atoms with Gasteiger partial charge in [0.2, 0.25) is 10.0 Å². The highest BCUT2D eigenvalue weighted by Gasteiger charge is 2.34. The number of hydrogen-bond donors (Lipinski definition) is 0. The van der Waals surface area contributed by atoms with Crippen LogP contribution in [0, 0.1) is 0 Å². The predicted octanol–water partition coefficient (Wildman–Crippen LogP) is 4.31. The smallest absolute Gasteiger partial charge is 0.216 e. The van der Waals surface area contributed by atoms with Gasteiger partial charge in [0, 0.05) is 13.2 Å². The highest BCUT2D eigenvalue weighted by Crippen LogP contribution is 2.23. The fourth-order valence-electron chi connectivity index (χ4n) is 2.95. The van der Waals surface area contributed by atoms with Crippen LogP contribution in [0.5, 0.6) is 0 Å². The first-order valence-electron chi connectivity index (χ1n) is 9.23. The van der Waals surface area contributed by atoms with Crippen molar-refractivity contribution in [3.63, 3.8) is 0 Å². The molecule has 1 fully saturated rings. The fraction of sp³-hybridized carbons (Fsp3) is 1.00. The summed E-state index contributed by atoms with van der Waals surface area (Å²) in [5, 5.41) is 0. The van der Waals surface area contributed by atoms with Crippen LogP contribution in [0.15, 0.2) is 0 Å². The van der Waals surface area contributed by atoms with Gasteiger partial charge in [-0.05, 0) is 25.7 Å². The second kappa shape index (κ2) is 11.4. The first-order valence-corrected chi connectivity index (χ1v) is 10.8. The Kier molecular flexibility index (Phi) is 10.3. The van der Waals surface area contributed by atoms with Gasteiger partial charge in [-0.1, -0.05) is 58.8 Å². The van der Waals surface area contributed by atoms with Crippen molar-refractivity contribution in [3.05, 3.63) is 0 Å². The molecule has 132 valence electrons. The molecule has 0 spiro atoms. The second-order valence-corrected chi connectivity index (χ2v) is 8.41. The molecule has 0 aromatic rings. The SMILES string of the molecule is CCCCCCCS(=O)(=O)N1CCCC1OCCCCCC. The lowest BCUT2D eigenvalue weighted by Gasteiger charge is -2.24. The number of rotatable bonds is 13. The van der Waals surface area contributed by atoms with Crippen LogP contribution in [0.1, 0.15) is 84.5 Å². The Labute approximate surface area is 137 Å². The Morgan fingerprint density at radius 2 is 1.59 bits per heavy atom. The summed E-state index contributed by atoms with van der Waals surface area (Å²) in [6.45, 7) is 5.68. The van der Waals surface area contributed by atoms with E-state index < -0.39 is 10.0 Å². The van der Waals surface area contributed by atoms with Gasteiger partial charge in [-0.25, -0.2) is 8.42 Å². The molecule has 0 aromatic carbocycles. The van der Waals surface area contributed by atoms with Crippen LogP contribution in [0.4, 0.5) is 0 Å². The number of ether oxygens (including phenoxy) is 1. The van der Waals surface area contributed by atoms with Crippen LogP contribution in [0.25, 0.3) is 0 Å². The summed E-state index contributed by atoms with van der Waals surface area (Å²) in [6, 6.07) is 0. The maximum atomic E-state index is 12.5. The van der Waals surface area contributed by atoms with E-state index in [2.05, 4.69) is 13.8 Å². The van der Waals surface area contributed by atoms with Gasteiger partial charge in [-0.3, -0.25) is 0 Å². The molecule has 1 aliphatic heterocycles. The quantitative estimate of drug-likeness (QED) is 0.472. The number of unbranched alkanes of at least 4 members (excludes halogenated alkanes) is 7. The zero-order valence-electron chi connectivity index (χ0n) is 14.6. The van der Waals surface area contributed by atoms with Crippen molar-refractivity contribution in [1.29, 1.82) is 0 Å². The zero-order chi connectivity index (χ0) is 16.3. The third-order valence-electron chi connectivity index (χ3n) is 4.32. The van der Waals surface area contributed by atoms with E-state index in [1.165, 1.54) is 32.1 Å². The summed E-state index contributed by atoms with van der Waals surface area (Å²) in [7, 11) is -3.14. The first kappa shape index (κ1) is 19.9. The lowest BCUT2D eigenvalue weighted by atomic mass is 10.2. The summed E-state index contributed by atoms with van der Waals surface area (Å²) < 4.78 is 32.4. The van der Waals surface area contributed by atoms with Crippen LogP contribution in [0.2, 0.25) is 0 Å². The Balaban J connectivity index is 2.30. The van der Waals surface area contributed by atoms with E-state index in [-0.39, 0.29) is 12.0 Å². The largest absolute Gasteiger partial charge is 0.362 e. The highest BCUT2D eigenvalue weighted by atomic mass is 32.2. The van der Waals surface area contributed by atoms with Crippen LogP contribution in [0.3, 0.4) is 0 Å². The average molecular weight is 334 g/mol. The molecule has 1 aliphatic rings. The van der Waals surface area contributed by atoms with Crippen LogP contribution < -0.4 is 0 Å². The summed E-state index contributed by atoms with van der Waals surface area (Å²) in [4.78, 5) is 0. The van der Waals surface area contributed by atoms with Gasteiger partial charge in [-0.15, -0.1) is 0 Å². The van der Waals surface area contributed by atoms with E-state index in [1.807, 2.05) is 0 Å². The Morgan fingerprint density at radius 3 is 2.27 bits per heavy atom. The summed E-state index contributed by atoms with van der Waals surface area (Å²) in [5.74, 6) is 0.284. The highest BCUT2D eigenvalue weighted by molar-refractivity contribution is 7.89. The lowest BCUT2D eigenvalue weighted by Crippen LogP contribution is -2.38. The van der Waals surface area contributed by atoms with Crippen molar-refractivity contribution in [3.8, 4) is 0 Å². The molecule has 0 aliphatic carbocycles. The Hall–Kier alpha value is -0.130. The second-order valence-electron chi connectivity index (χ2n) is 6.37. The maximum Gasteiger partial charge on any atom is 0.216 e. The van der Waals surface area contributed by atoms with Gasteiger partial charge in [0.25, 0.3) is 0 Å². The molecule has 0 radical (unpaired) electrons. The van der Waals surface area contributed by atoms with E-state index in [0.29, 0.717) is 13.2 Å². The summed E-state index contributed by atoms with van der Waals surface area (Å²) in [5.41, 5.74) is 0. The maximum absolute atomic E-state index is 12.5. The third-order valence-corrected chi connectivity index (χ3v) is 6.26. The minimum atomic E-state index is -3.14. The molecule has 0 amide bonds. The average Bonchev–Trinajstić information content (AvgIpc) is 2.96. The molecule has 1 rings (SSSR count). The van der Waals surface area contributed by atoms with E-state index >= 15 is 0 Å². The molecular formula is C17H35NO3S. The molecule has 0 aromatic heterocycles. The van der Waals surface area contributed by atoms with Crippen LogP contribution in [-0.2, 0) is 14.8 Å². The lowest BCUT2D eigenvalue weighted by molar-refractivity contribution is -0.000272. The number of sulfonamides is 1. The van der Waals surface area contributed by atoms with Gasteiger partial charge in [-0.2, -0.15) is 4.31 Å². The Bertz CT molecular complexity index is 370. The van der Waals surface area contributed by atoms with E-state index in [9.17, 15) is 8.42 Å². The molecular weight excluding hydrogens is 298 g/mol. The third kappa shape index (κ3) is 7.42. The van der Waals surface area contributed by atoms with Gasteiger partial charge in [0.1, 0.15) is 6.23 Å². The molecule has 5 heteroatoms.